The molecule has 2 aromatic rings. The minimum absolute atomic E-state index is 0.0201. The van der Waals surface area contributed by atoms with Crippen LogP contribution in [0.4, 0.5) is 0 Å². The molecule has 1 N–H and O–H groups in total. The van der Waals surface area contributed by atoms with Gasteiger partial charge in [0.2, 0.25) is 0 Å². The smallest absolute Gasteiger partial charge is 0.313 e. The van der Waals surface area contributed by atoms with Gasteiger partial charge in [-0.05, 0) is 31.0 Å². The fourth-order valence-electron chi connectivity index (χ4n) is 2.18. The zero-order valence-corrected chi connectivity index (χ0v) is 13.1. The van der Waals surface area contributed by atoms with Gasteiger partial charge in [0, 0.05) is 15.8 Å². The SMILES string of the molecule is O=C(O)CSc1nc(C2CCC2)nc2cc(Br)ccc12. The van der Waals surface area contributed by atoms with Gasteiger partial charge in [-0.2, -0.15) is 0 Å². The molecule has 0 aliphatic heterocycles. The zero-order chi connectivity index (χ0) is 14.1. The average Bonchev–Trinajstić information content (AvgIpc) is 2.33. The van der Waals surface area contributed by atoms with Crippen molar-refractivity contribution in [3.05, 3.63) is 28.5 Å². The van der Waals surface area contributed by atoms with E-state index in [0.29, 0.717) is 5.92 Å². The molecule has 1 aromatic heterocycles. The highest BCUT2D eigenvalue weighted by molar-refractivity contribution is 9.10. The largest absolute Gasteiger partial charge is 0.481 e. The summed E-state index contributed by atoms with van der Waals surface area (Å²) >= 11 is 4.71. The molecule has 1 fully saturated rings. The Morgan fingerprint density at radius 2 is 2.20 bits per heavy atom. The van der Waals surface area contributed by atoms with Crippen LogP contribution < -0.4 is 0 Å². The van der Waals surface area contributed by atoms with Crippen molar-refractivity contribution >= 4 is 44.6 Å². The predicted octanol–water partition coefficient (Wildman–Crippen LogP) is 3.84. The van der Waals surface area contributed by atoms with E-state index in [1.54, 1.807) is 0 Å². The molecule has 0 unspecified atom stereocenters. The van der Waals surface area contributed by atoms with Crippen molar-refractivity contribution in [2.45, 2.75) is 30.2 Å². The molecule has 1 aromatic carbocycles. The molecular weight excluding hydrogens is 340 g/mol. The minimum Gasteiger partial charge on any atom is -0.481 e. The first kappa shape index (κ1) is 13.8. The molecule has 0 radical (unpaired) electrons. The van der Waals surface area contributed by atoms with E-state index in [9.17, 15) is 4.79 Å². The first-order chi connectivity index (χ1) is 9.63. The van der Waals surface area contributed by atoms with Crippen molar-refractivity contribution in [1.82, 2.24) is 9.97 Å². The number of carboxylic acid groups (broad SMARTS) is 1. The van der Waals surface area contributed by atoms with Crippen molar-refractivity contribution < 1.29 is 9.90 Å². The van der Waals surface area contributed by atoms with Crippen LogP contribution in [0.3, 0.4) is 0 Å². The molecule has 0 bridgehead atoms. The van der Waals surface area contributed by atoms with E-state index in [2.05, 4.69) is 25.9 Å². The highest BCUT2D eigenvalue weighted by Gasteiger charge is 2.23. The third-order valence-corrected chi connectivity index (χ3v) is 4.91. The van der Waals surface area contributed by atoms with Gasteiger partial charge in [-0.15, -0.1) is 0 Å². The Labute approximate surface area is 129 Å². The van der Waals surface area contributed by atoms with Crippen LogP contribution in [0, 0.1) is 0 Å². The average molecular weight is 353 g/mol. The predicted molar refractivity (Wildman–Crippen MR) is 82.2 cm³/mol. The van der Waals surface area contributed by atoms with E-state index in [4.69, 9.17) is 5.11 Å². The monoisotopic (exact) mass is 352 g/mol. The maximum absolute atomic E-state index is 10.8. The second-order valence-corrected chi connectivity index (χ2v) is 6.74. The Morgan fingerprint density at radius 1 is 1.40 bits per heavy atom. The lowest BCUT2D eigenvalue weighted by atomic mass is 9.85. The van der Waals surface area contributed by atoms with Gasteiger partial charge in [-0.3, -0.25) is 4.79 Å². The number of fused-ring (bicyclic) bond motifs is 1. The van der Waals surface area contributed by atoms with Crippen molar-refractivity contribution in [3.8, 4) is 0 Å². The summed E-state index contributed by atoms with van der Waals surface area (Å²) in [6, 6.07) is 5.83. The summed E-state index contributed by atoms with van der Waals surface area (Å²) in [6.07, 6.45) is 3.48. The number of rotatable bonds is 4. The van der Waals surface area contributed by atoms with Gasteiger partial charge in [-0.25, -0.2) is 9.97 Å². The molecule has 20 heavy (non-hydrogen) atoms. The molecule has 1 aliphatic carbocycles. The molecular formula is C14H13BrN2O2S. The van der Waals surface area contributed by atoms with Gasteiger partial charge >= 0.3 is 5.97 Å². The highest BCUT2D eigenvalue weighted by Crippen LogP contribution is 2.37. The first-order valence-corrected chi connectivity index (χ1v) is 8.23. The Kier molecular flexibility index (Phi) is 3.94. The summed E-state index contributed by atoms with van der Waals surface area (Å²) in [5.41, 5.74) is 0.879. The van der Waals surface area contributed by atoms with Crippen LogP contribution in [0.2, 0.25) is 0 Å². The van der Waals surface area contributed by atoms with Gasteiger partial charge in [-0.1, -0.05) is 34.1 Å². The maximum Gasteiger partial charge on any atom is 0.313 e. The van der Waals surface area contributed by atoms with Crippen molar-refractivity contribution in [1.29, 1.82) is 0 Å². The van der Waals surface area contributed by atoms with Crippen LogP contribution in [0.25, 0.3) is 10.9 Å². The maximum atomic E-state index is 10.8. The molecule has 1 saturated carbocycles. The molecule has 6 heteroatoms. The number of nitrogens with zero attached hydrogens (tertiary/aromatic N) is 2. The summed E-state index contributed by atoms with van der Waals surface area (Å²) in [6.45, 7) is 0. The molecule has 1 heterocycles. The van der Waals surface area contributed by atoms with Crippen LogP contribution in [-0.2, 0) is 4.79 Å². The fourth-order valence-corrected chi connectivity index (χ4v) is 3.28. The molecule has 104 valence electrons. The molecule has 0 spiro atoms. The third-order valence-electron chi connectivity index (χ3n) is 3.44. The second kappa shape index (κ2) is 5.69. The van der Waals surface area contributed by atoms with E-state index in [-0.39, 0.29) is 5.75 Å². The van der Waals surface area contributed by atoms with Crippen molar-refractivity contribution in [2.24, 2.45) is 0 Å². The van der Waals surface area contributed by atoms with Crippen molar-refractivity contribution in [3.63, 3.8) is 0 Å². The van der Waals surface area contributed by atoms with Crippen molar-refractivity contribution in [2.75, 3.05) is 5.75 Å². The molecule has 4 nitrogen and oxygen atoms in total. The Hall–Kier alpha value is -1.14. The van der Waals surface area contributed by atoms with Gasteiger partial charge < -0.3 is 5.11 Å². The lowest BCUT2D eigenvalue weighted by Gasteiger charge is -2.24. The number of thioether (sulfide) groups is 1. The van der Waals surface area contributed by atoms with Crippen LogP contribution in [0.15, 0.2) is 27.7 Å². The van der Waals surface area contributed by atoms with E-state index in [0.717, 1.165) is 39.1 Å². The zero-order valence-electron chi connectivity index (χ0n) is 10.7. The van der Waals surface area contributed by atoms with Crippen LogP contribution in [0.5, 0.6) is 0 Å². The summed E-state index contributed by atoms with van der Waals surface area (Å²) in [7, 11) is 0. The van der Waals surface area contributed by atoms with Crippen LogP contribution in [0.1, 0.15) is 31.0 Å². The summed E-state index contributed by atoms with van der Waals surface area (Å²) in [5, 5.41) is 10.5. The quantitative estimate of drug-likeness (QED) is 0.668. The number of halogens is 1. The van der Waals surface area contributed by atoms with E-state index >= 15 is 0 Å². The summed E-state index contributed by atoms with van der Waals surface area (Å²) in [5.74, 6) is 0.480. The molecule has 3 rings (SSSR count). The molecule has 0 saturated heterocycles. The number of carboxylic acids is 1. The Balaban J connectivity index is 2.06. The highest BCUT2D eigenvalue weighted by atomic mass is 79.9. The number of carbonyl (C=O) groups is 1. The van der Waals surface area contributed by atoms with E-state index in [1.807, 2.05) is 18.2 Å². The lowest BCUT2D eigenvalue weighted by molar-refractivity contribution is -0.133. The number of benzene rings is 1. The van der Waals surface area contributed by atoms with Gasteiger partial charge in [0.05, 0.1) is 11.3 Å². The lowest BCUT2D eigenvalue weighted by Crippen LogP contribution is -2.13. The topological polar surface area (TPSA) is 63.1 Å². The number of aliphatic carboxylic acids is 1. The van der Waals surface area contributed by atoms with Gasteiger partial charge in [0.1, 0.15) is 10.9 Å². The van der Waals surface area contributed by atoms with Gasteiger partial charge in [0.25, 0.3) is 0 Å². The van der Waals surface area contributed by atoms with Gasteiger partial charge in [0.15, 0.2) is 0 Å². The van der Waals surface area contributed by atoms with E-state index < -0.39 is 5.97 Å². The van der Waals surface area contributed by atoms with Crippen LogP contribution >= 0.6 is 27.7 Å². The second-order valence-electron chi connectivity index (χ2n) is 4.86. The number of aromatic nitrogens is 2. The minimum atomic E-state index is -0.830. The van der Waals surface area contributed by atoms with E-state index in [1.165, 1.54) is 18.2 Å². The molecule has 0 atom stereocenters. The first-order valence-electron chi connectivity index (χ1n) is 6.45. The normalized spacial score (nSPS) is 15.2. The Morgan fingerprint density at radius 3 is 2.85 bits per heavy atom. The molecule has 0 amide bonds. The standard InChI is InChI=1S/C14H13BrN2O2S/c15-9-4-5-10-11(6-9)16-13(8-2-1-3-8)17-14(10)20-7-12(18)19/h4-6,8H,1-3,7H2,(H,18,19). The summed E-state index contributed by atoms with van der Waals surface area (Å²) < 4.78 is 0.970. The Bertz CT molecular complexity index is 674. The molecule has 1 aliphatic rings. The third kappa shape index (κ3) is 2.81. The fraction of sp³-hybridized carbons (Fsp3) is 0.357. The number of hydrogen-bond acceptors (Lipinski definition) is 4. The van der Waals surface area contributed by atoms with Crippen LogP contribution in [-0.4, -0.2) is 26.8 Å². The number of hydrogen-bond donors (Lipinski definition) is 1. The summed E-state index contributed by atoms with van der Waals surface area (Å²) in [4.78, 5) is 20.0.